The Bertz CT molecular complexity index is 1040. The van der Waals surface area contributed by atoms with E-state index in [9.17, 15) is 24.4 Å². The lowest BCUT2D eigenvalue weighted by atomic mass is 9.86. The number of amides is 2. The van der Waals surface area contributed by atoms with Gasteiger partial charge < -0.3 is 29.2 Å². The number of fused-ring (bicyclic) bond motifs is 1. The number of esters is 1. The summed E-state index contributed by atoms with van der Waals surface area (Å²) in [6, 6.07) is 6.23. The highest BCUT2D eigenvalue weighted by atomic mass is 16.6. The number of carbonyl (C=O) groups excluding carboxylic acids is 3. The van der Waals surface area contributed by atoms with Crippen molar-refractivity contribution in [3.8, 4) is 0 Å². The van der Waals surface area contributed by atoms with Gasteiger partial charge in [-0.1, -0.05) is 6.07 Å². The first-order valence-corrected chi connectivity index (χ1v) is 10.8. The minimum atomic E-state index is -1.67. The fraction of sp³-hybridized carbons (Fsp3) is 0.522. The number of rotatable bonds is 5. The normalized spacial score (nSPS) is 12.3. The second-order valence-electron chi connectivity index (χ2n) is 10.6. The average Bonchev–Trinajstić information content (AvgIpc) is 3.06. The zero-order chi connectivity index (χ0) is 26.1. The molecule has 0 spiro atoms. The minimum absolute atomic E-state index is 0.186. The van der Waals surface area contributed by atoms with Crippen LogP contribution in [-0.2, 0) is 14.2 Å². The molecule has 1 aromatic carbocycles. The molecule has 2 amide bonds. The number of hydrogen-bond acceptors (Lipinski definition) is 8. The predicted octanol–water partition coefficient (Wildman–Crippen LogP) is 2.96. The SMILES string of the molecule is CC(C)(C)OC(=O)N(CC(C)(C)OC(=O)c1ccc2cc(B(O)O)[nH]c2c1)C(=O)OC(C)(C)C. The molecular weight excluding hydrogens is 443 g/mol. The Morgan fingerprint density at radius 3 is 1.88 bits per heavy atom. The molecule has 11 heteroatoms. The number of imide groups is 1. The molecule has 0 aliphatic rings. The molecule has 1 aromatic heterocycles. The zero-order valence-corrected chi connectivity index (χ0v) is 20.9. The van der Waals surface area contributed by atoms with Gasteiger partial charge in [-0.25, -0.2) is 19.3 Å². The van der Waals surface area contributed by atoms with Crippen molar-refractivity contribution in [1.29, 1.82) is 0 Å². The highest BCUT2D eigenvalue weighted by Gasteiger charge is 2.37. The lowest BCUT2D eigenvalue weighted by Gasteiger charge is -2.33. The molecule has 34 heavy (non-hydrogen) atoms. The third kappa shape index (κ3) is 7.77. The van der Waals surface area contributed by atoms with E-state index in [1.54, 1.807) is 67.5 Å². The summed E-state index contributed by atoms with van der Waals surface area (Å²) in [5, 5.41) is 19.3. The average molecular weight is 476 g/mol. The first-order valence-electron chi connectivity index (χ1n) is 10.8. The zero-order valence-electron chi connectivity index (χ0n) is 20.9. The summed E-state index contributed by atoms with van der Waals surface area (Å²) in [4.78, 5) is 41.9. The van der Waals surface area contributed by atoms with Crippen LogP contribution in [0, 0.1) is 0 Å². The van der Waals surface area contributed by atoms with Crippen molar-refractivity contribution in [3.63, 3.8) is 0 Å². The fourth-order valence-corrected chi connectivity index (χ4v) is 2.98. The van der Waals surface area contributed by atoms with Gasteiger partial charge in [0, 0.05) is 11.1 Å². The Morgan fingerprint density at radius 1 is 0.882 bits per heavy atom. The van der Waals surface area contributed by atoms with E-state index in [0.29, 0.717) is 10.9 Å². The molecule has 0 fully saturated rings. The highest BCUT2D eigenvalue weighted by molar-refractivity contribution is 6.58. The smallest absolute Gasteiger partial charge is 0.454 e. The number of H-pyrrole nitrogens is 1. The summed E-state index contributed by atoms with van der Waals surface area (Å²) in [6.45, 7) is 12.8. The van der Waals surface area contributed by atoms with Crippen LogP contribution in [0.4, 0.5) is 9.59 Å². The van der Waals surface area contributed by atoms with Gasteiger partial charge in [0.05, 0.1) is 12.1 Å². The van der Waals surface area contributed by atoms with E-state index >= 15 is 0 Å². The topological polar surface area (TPSA) is 138 Å². The van der Waals surface area contributed by atoms with E-state index in [1.807, 2.05) is 0 Å². The molecule has 0 bridgehead atoms. The Kier molecular flexibility index (Phi) is 7.74. The van der Waals surface area contributed by atoms with Crippen molar-refractivity contribution >= 4 is 41.8 Å². The molecule has 2 aromatic rings. The van der Waals surface area contributed by atoms with Gasteiger partial charge in [0.1, 0.15) is 16.8 Å². The summed E-state index contributed by atoms with van der Waals surface area (Å²) in [5.74, 6) is -0.694. The van der Waals surface area contributed by atoms with Crippen molar-refractivity contribution in [2.24, 2.45) is 0 Å². The Hall–Kier alpha value is -3.05. The fourth-order valence-electron chi connectivity index (χ4n) is 2.98. The second-order valence-corrected chi connectivity index (χ2v) is 10.6. The molecule has 0 radical (unpaired) electrons. The van der Waals surface area contributed by atoms with Gasteiger partial charge in [0.2, 0.25) is 0 Å². The van der Waals surface area contributed by atoms with Crippen LogP contribution in [-0.4, -0.2) is 68.6 Å². The predicted molar refractivity (Wildman–Crippen MR) is 127 cm³/mol. The van der Waals surface area contributed by atoms with E-state index in [1.165, 1.54) is 12.1 Å². The maximum Gasteiger partial charge on any atom is 0.505 e. The third-order valence-corrected chi connectivity index (χ3v) is 4.29. The number of nitrogens with zero attached hydrogens (tertiary/aromatic N) is 1. The minimum Gasteiger partial charge on any atom is -0.454 e. The maximum absolute atomic E-state index is 12.8. The highest BCUT2D eigenvalue weighted by Crippen LogP contribution is 2.21. The molecule has 3 N–H and O–H groups in total. The molecule has 2 rings (SSSR count). The van der Waals surface area contributed by atoms with E-state index < -0.39 is 42.1 Å². The molecular formula is C23H33BN2O8. The molecule has 186 valence electrons. The first-order chi connectivity index (χ1) is 15.4. The van der Waals surface area contributed by atoms with Gasteiger partial charge in [0.15, 0.2) is 0 Å². The van der Waals surface area contributed by atoms with E-state index in [4.69, 9.17) is 14.2 Å². The van der Waals surface area contributed by atoms with Crippen molar-refractivity contribution in [2.75, 3.05) is 6.54 Å². The van der Waals surface area contributed by atoms with Crippen LogP contribution in [0.25, 0.3) is 10.9 Å². The molecule has 0 saturated heterocycles. The van der Waals surface area contributed by atoms with Crippen LogP contribution >= 0.6 is 0 Å². The van der Waals surface area contributed by atoms with Crippen LogP contribution in [0.1, 0.15) is 65.7 Å². The second kappa shape index (κ2) is 9.67. The van der Waals surface area contributed by atoms with Crippen molar-refractivity contribution < 1.29 is 38.6 Å². The number of carbonyl (C=O) groups is 3. The van der Waals surface area contributed by atoms with E-state index in [-0.39, 0.29) is 17.7 Å². The monoisotopic (exact) mass is 476 g/mol. The number of nitrogens with one attached hydrogen (secondary N) is 1. The molecule has 0 aliphatic heterocycles. The first kappa shape index (κ1) is 27.2. The largest absolute Gasteiger partial charge is 0.505 e. The van der Waals surface area contributed by atoms with Gasteiger partial charge >= 0.3 is 25.3 Å². The molecule has 10 nitrogen and oxygen atoms in total. The third-order valence-electron chi connectivity index (χ3n) is 4.29. The maximum atomic E-state index is 12.8. The summed E-state index contributed by atoms with van der Waals surface area (Å²) < 4.78 is 16.3. The van der Waals surface area contributed by atoms with Crippen molar-refractivity contribution in [1.82, 2.24) is 9.88 Å². The summed E-state index contributed by atoms with van der Waals surface area (Å²) in [5.41, 5.74) is -2.11. The van der Waals surface area contributed by atoms with Gasteiger partial charge in [-0.15, -0.1) is 0 Å². The lowest BCUT2D eigenvalue weighted by Crippen LogP contribution is -2.50. The van der Waals surface area contributed by atoms with Gasteiger partial charge in [-0.2, -0.15) is 0 Å². The Labute approximate surface area is 199 Å². The molecule has 0 atom stereocenters. The number of hydrogen-bond donors (Lipinski definition) is 3. The number of benzene rings is 1. The van der Waals surface area contributed by atoms with Crippen LogP contribution in [0.2, 0.25) is 0 Å². The molecule has 0 saturated carbocycles. The van der Waals surface area contributed by atoms with Crippen LogP contribution in [0.15, 0.2) is 24.3 Å². The summed E-state index contributed by atoms with van der Waals surface area (Å²) >= 11 is 0. The quantitative estimate of drug-likeness (QED) is 0.340. The summed E-state index contributed by atoms with van der Waals surface area (Å²) in [7, 11) is -1.67. The molecule has 0 unspecified atom stereocenters. The molecule has 1 heterocycles. The Balaban J connectivity index is 2.23. The Morgan fingerprint density at radius 2 is 1.41 bits per heavy atom. The van der Waals surface area contributed by atoms with E-state index in [0.717, 1.165) is 4.90 Å². The number of aromatic nitrogens is 1. The summed E-state index contributed by atoms with van der Waals surface area (Å²) in [6.07, 6.45) is -1.84. The number of ether oxygens (including phenoxy) is 3. The standard InChI is InChI=1S/C23H33BN2O8/c1-21(2,3)33-19(28)26(20(29)34-22(4,5)6)13-23(7,8)32-18(27)15-10-9-14-12-17(24(30)31)25-16(14)11-15/h9-12,25,30-31H,13H2,1-8H3. The van der Waals surface area contributed by atoms with Gasteiger partial charge in [0.25, 0.3) is 0 Å². The van der Waals surface area contributed by atoms with Crippen molar-refractivity contribution in [2.45, 2.75) is 72.2 Å². The van der Waals surface area contributed by atoms with E-state index in [2.05, 4.69) is 4.98 Å². The lowest BCUT2D eigenvalue weighted by molar-refractivity contribution is -0.0350. The van der Waals surface area contributed by atoms with Crippen LogP contribution in [0.3, 0.4) is 0 Å². The molecule has 0 aliphatic carbocycles. The van der Waals surface area contributed by atoms with Crippen LogP contribution in [0.5, 0.6) is 0 Å². The number of aromatic amines is 1. The van der Waals surface area contributed by atoms with Gasteiger partial charge in [-0.05, 0) is 79.0 Å². The van der Waals surface area contributed by atoms with Crippen LogP contribution < -0.4 is 5.59 Å². The van der Waals surface area contributed by atoms with Gasteiger partial charge in [-0.3, -0.25) is 0 Å². The van der Waals surface area contributed by atoms with Crippen molar-refractivity contribution in [3.05, 3.63) is 29.8 Å².